The van der Waals surface area contributed by atoms with Crippen molar-refractivity contribution in [1.29, 1.82) is 0 Å². The number of amides is 2. The molecular weight excluding hydrogens is 416 g/mol. The molecule has 7 heteroatoms. The summed E-state index contributed by atoms with van der Waals surface area (Å²) in [6, 6.07) is 8.11. The van der Waals surface area contributed by atoms with Crippen LogP contribution in [0.3, 0.4) is 0 Å². The summed E-state index contributed by atoms with van der Waals surface area (Å²) in [5.74, 6) is 1.35. The summed E-state index contributed by atoms with van der Waals surface area (Å²) in [6.45, 7) is 4.50. The third-order valence-electron chi connectivity index (χ3n) is 7.14. The molecule has 2 amide bonds. The first kappa shape index (κ1) is 23.3. The quantitative estimate of drug-likeness (QED) is 0.633. The van der Waals surface area contributed by atoms with Crippen molar-refractivity contribution in [2.75, 3.05) is 13.7 Å². The Labute approximate surface area is 196 Å². The second-order valence-electron chi connectivity index (χ2n) is 9.69. The summed E-state index contributed by atoms with van der Waals surface area (Å²) in [4.78, 5) is 35.0. The van der Waals surface area contributed by atoms with Crippen LogP contribution < -0.4 is 5.32 Å². The van der Waals surface area contributed by atoms with Gasteiger partial charge in [-0.15, -0.1) is 0 Å². The molecule has 1 aromatic heterocycles. The number of methoxy groups -OCH3 is 1. The second kappa shape index (κ2) is 10.4. The third kappa shape index (κ3) is 5.23. The molecule has 2 aromatic rings. The van der Waals surface area contributed by atoms with Gasteiger partial charge in [0.2, 0.25) is 5.91 Å². The molecule has 1 saturated heterocycles. The molecule has 1 aliphatic carbocycles. The van der Waals surface area contributed by atoms with E-state index < -0.39 is 12.1 Å². The van der Waals surface area contributed by atoms with Gasteiger partial charge in [0, 0.05) is 6.54 Å². The predicted octanol–water partition coefficient (Wildman–Crippen LogP) is 5.17. The van der Waals surface area contributed by atoms with Crippen molar-refractivity contribution in [2.45, 2.75) is 76.8 Å². The largest absolute Gasteiger partial charge is 0.453 e. The number of hydrogen-bond acceptors (Lipinski definition) is 4. The minimum atomic E-state index is -0.625. The summed E-state index contributed by atoms with van der Waals surface area (Å²) in [5.41, 5.74) is 3.51. The first-order valence-corrected chi connectivity index (χ1v) is 12.3. The fourth-order valence-electron chi connectivity index (χ4n) is 5.22. The van der Waals surface area contributed by atoms with Gasteiger partial charge in [-0.25, -0.2) is 9.78 Å². The number of hydrogen-bond donors (Lipinski definition) is 2. The molecule has 2 fully saturated rings. The van der Waals surface area contributed by atoms with Crippen molar-refractivity contribution in [1.82, 2.24) is 20.2 Å². The molecule has 1 aliphatic heterocycles. The second-order valence-corrected chi connectivity index (χ2v) is 9.69. The summed E-state index contributed by atoms with van der Waals surface area (Å²) in [6.07, 6.45) is 9.65. The van der Waals surface area contributed by atoms with E-state index >= 15 is 0 Å². The summed E-state index contributed by atoms with van der Waals surface area (Å²) >= 11 is 0. The molecule has 178 valence electrons. The molecule has 2 atom stereocenters. The lowest BCUT2D eigenvalue weighted by atomic mass is 9.84. The zero-order valence-electron chi connectivity index (χ0n) is 20.0. The zero-order chi connectivity index (χ0) is 23.4. The minimum absolute atomic E-state index is 0.0484. The fourth-order valence-corrected chi connectivity index (χ4v) is 5.22. The van der Waals surface area contributed by atoms with Gasteiger partial charge in [0.15, 0.2) is 0 Å². The van der Waals surface area contributed by atoms with Crippen molar-refractivity contribution in [2.24, 2.45) is 5.92 Å². The van der Waals surface area contributed by atoms with Gasteiger partial charge in [0.25, 0.3) is 0 Å². The number of rotatable bonds is 6. The highest BCUT2D eigenvalue weighted by Gasteiger charge is 2.37. The molecule has 0 bridgehead atoms. The molecule has 2 N–H and O–H groups in total. The molecule has 2 aliphatic rings. The van der Waals surface area contributed by atoms with Crippen molar-refractivity contribution in [3.05, 3.63) is 41.9 Å². The Morgan fingerprint density at radius 3 is 2.48 bits per heavy atom. The summed E-state index contributed by atoms with van der Waals surface area (Å²) in [5, 5.41) is 2.70. The Hall–Kier alpha value is -2.83. The van der Waals surface area contributed by atoms with Crippen LogP contribution in [0.2, 0.25) is 0 Å². The van der Waals surface area contributed by atoms with Crippen LogP contribution in [0.4, 0.5) is 4.79 Å². The van der Waals surface area contributed by atoms with Gasteiger partial charge in [-0.2, -0.15) is 0 Å². The number of carbonyl (C=O) groups excluding carboxylic acids is 2. The molecule has 0 spiro atoms. The number of carbonyl (C=O) groups is 2. The van der Waals surface area contributed by atoms with Gasteiger partial charge >= 0.3 is 6.09 Å². The monoisotopic (exact) mass is 452 g/mol. The van der Waals surface area contributed by atoms with E-state index in [1.807, 2.05) is 24.9 Å². The lowest BCUT2D eigenvalue weighted by Gasteiger charge is -2.30. The minimum Gasteiger partial charge on any atom is -0.453 e. The lowest BCUT2D eigenvalue weighted by molar-refractivity contribution is -0.135. The number of ether oxygens (including phenoxy) is 1. The Morgan fingerprint density at radius 1 is 1.09 bits per heavy atom. The Balaban J connectivity index is 1.47. The summed E-state index contributed by atoms with van der Waals surface area (Å²) < 4.78 is 4.72. The SMILES string of the molecule is COC(=O)N[C@H](C(=O)N1CCC[C@@H]1c1ncc(-c2ccc(C3CCCCC3)cc2)[nH]1)C(C)C. The molecule has 2 heterocycles. The molecule has 0 radical (unpaired) electrons. The van der Waals surface area contributed by atoms with Crippen molar-refractivity contribution >= 4 is 12.0 Å². The maximum atomic E-state index is 13.3. The topological polar surface area (TPSA) is 87.3 Å². The van der Waals surface area contributed by atoms with Gasteiger partial charge in [0.05, 0.1) is 25.0 Å². The molecule has 7 nitrogen and oxygen atoms in total. The van der Waals surface area contributed by atoms with Crippen LogP contribution in [0, 0.1) is 5.92 Å². The van der Waals surface area contributed by atoms with E-state index in [9.17, 15) is 9.59 Å². The maximum Gasteiger partial charge on any atom is 0.407 e. The van der Waals surface area contributed by atoms with Gasteiger partial charge in [-0.3, -0.25) is 4.79 Å². The van der Waals surface area contributed by atoms with Gasteiger partial charge < -0.3 is 19.9 Å². The molecule has 0 unspecified atom stereocenters. The Morgan fingerprint density at radius 2 is 1.82 bits per heavy atom. The van der Waals surface area contributed by atoms with E-state index in [2.05, 4.69) is 39.6 Å². The number of benzene rings is 1. The van der Waals surface area contributed by atoms with E-state index in [-0.39, 0.29) is 17.9 Å². The maximum absolute atomic E-state index is 13.3. The first-order valence-electron chi connectivity index (χ1n) is 12.3. The number of imidazole rings is 1. The average Bonchev–Trinajstić information content (AvgIpc) is 3.52. The number of H-pyrrole nitrogens is 1. The van der Waals surface area contributed by atoms with Crippen LogP contribution in [0.25, 0.3) is 11.3 Å². The van der Waals surface area contributed by atoms with Gasteiger partial charge in [-0.05, 0) is 48.6 Å². The van der Waals surface area contributed by atoms with Crippen LogP contribution in [-0.4, -0.2) is 46.6 Å². The van der Waals surface area contributed by atoms with E-state index in [0.717, 1.165) is 29.9 Å². The lowest BCUT2D eigenvalue weighted by Crippen LogP contribution is -2.51. The van der Waals surface area contributed by atoms with Crippen molar-refractivity contribution in [3.63, 3.8) is 0 Å². The standard InChI is InChI=1S/C26H36N4O3/c1-17(2)23(29-26(32)33-3)25(31)30-15-7-10-22(30)24-27-16-21(28-24)20-13-11-19(12-14-20)18-8-5-4-6-9-18/h11-14,16-18,22-23H,4-10,15H2,1-3H3,(H,27,28)(H,29,32)/t22-,23+/m1/s1. The zero-order valence-corrected chi connectivity index (χ0v) is 20.0. The molecular formula is C26H36N4O3. The number of nitrogens with one attached hydrogen (secondary N) is 2. The van der Waals surface area contributed by atoms with Crippen LogP contribution >= 0.6 is 0 Å². The molecule has 33 heavy (non-hydrogen) atoms. The Bertz CT molecular complexity index is 947. The van der Waals surface area contributed by atoms with E-state index in [4.69, 9.17) is 4.74 Å². The van der Waals surface area contributed by atoms with E-state index in [1.54, 1.807) is 0 Å². The highest BCUT2D eigenvalue weighted by atomic mass is 16.5. The van der Waals surface area contributed by atoms with Crippen molar-refractivity contribution < 1.29 is 14.3 Å². The van der Waals surface area contributed by atoms with Crippen LogP contribution in [0.1, 0.15) is 82.1 Å². The first-order chi connectivity index (χ1) is 16.0. The highest BCUT2D eigenvalue weighted by molar-refractivity contribution is 5.86. The smallest absolute Gasteiger partial charge is 0.407 e. The molecule has 4 rings (SSSR count). The number of aromatic nitrogens is 2. The van der Waals surface area contributed by atoms with E-state index in [1.165, 1.54) is 44.8 Å². The normalized spacial score (nSPS) is 20.1. The third-order valence-corrected chi connectivity index (χ3v) is 7.14. The van der Waals surface area contributed by atoms with Gasteiger partial charge in [-0.1, -0.05) is 57.4 Å². The Kier molecular flexibility index (Phi) is 7.36. The van der Waals surface area contributed by atoms with Gasteiger partial charge in [0.1, 0.15) is 11.9 Å². The van der Waals surface area contributed by atoms with Crippen LogP contribution in [-0.2, 0) is 9.53 Å². The number of aromatic amines is 1. The average molecular weight is 453 g/mol. The van der Waals surface area contributed by atoms with Crippen LogP contribution in [0.5, 0.6) is 0 Å². The molecule has 1 saturated carbocycles. The molecule has 1 aromatic carbocycles. The van der Waals surface area contributed by atoms with Crippen molar-refractivity contribution in [3.8, 4) is 11.3 Å². The predicted molar refractivity (Wildman–Crippen MR) is 128 cm³/mol. The number of likely N-dealkylation sites (tertiary alicyclic amines) is 1. The highest BCUT2D eigenvalue weighted by Crippen LogP contribution is 2.35. The fraction of sp³-hybridized carbons (Fsp3) is 0.577. The number of nitrogens with zero attached hydrogens (tertiary/aromatic N) is 2. The van der Waals surface area contributed by atoms with E-state index in [0.29, 0.717) is 12.5 Å². The summed E-state index contributed by atoms with van der Waals surface area (Å²) in [7, 11) is 1.31. The van der Waals surface area contributed by atoms with Crippen LogP contribution in [0.15, 0.2) is 30.5 Å². The number of alkyl carbamates (subject to hydrolysis) is 1.